The van der Waals surface area contributed by atoms with E-state index >= 15 is 0 Å². The maximum absolute atomic E-state index is 12.9. The van der Waals surface area contributed by atoms with Crippen molar-refractivity contribution >= 4 is 51.9 Å². The summed E-state index contributed by atoms with van der Waals surface area (Å²) in [6.07, 6.45) is 3.59. The Kier molecular flexibility index (Phi) is 7.25. The average Bonchev–Trinajstić information content (AvgIpc) is 3.44. The highest BCUT2D eigenvalue weighted by Gasteiger charge is 2.34. The van der Waals surface area contributed by atoms with Gasteiger partial charge in [-0.1, -0.05) is 36.1 Å². The van der Waals surface area contributed by atoms with Crippen molar-refractivity contribution in [1.29, 1.82) is 0 Å². The predicted octanol–water partition coefficient (Wildman–Crippen LogP) is 4.20. The zero-order valence-electron chi connectivity index (χ0n) is 18.1. The highest BCUT2D eigenvalue weighted by atomic mass is 32.2. The number of non-ortho nitro benzene ring substituents is 1. The maximum atomic E-state index is 12.9. The summed E-state index contributed by atoms with van der Waals surface area (Å²) >= 11 is 6.60. The Bertz CT molecular complexity index is 1190. The van der Waals surface area contributed by atoms with Gasteiger partial charge in [-0.3, -0.25) is 19.8 Å². The number of esters is 1. The van der Waals surface area contributed by atoms with Crippen LogP contribution in [0.5, 0.6) is 11.5 Å². The number of rotatable bonds is 7. The normalized spacial score (nSPS) is 19.0. The van der Waals surface area contributed by atoms with E-state index in [1.165, 1.54) is 43.1 Å². The molecule has 2 aliphatic heterocycles. The Morgan fingerprint density at radius 3 is 2.85 bits per heavy atom. The minimum absolute atomic E-state index is 0.00182. The number of ether oxygens (including phenoxy) is 3. The first-order valence-corrected chi connectivity index (χ1v) is 11.6. The first-order chi connectivity index (χ1) is 16.4. The molecule has 2 aromatic rings. The molecule has 34 heavy (non-hydrogen) atoms. The zero-order chi connectivity index (χ0) is 24.2. The van der Waals surface area contributed by atoms with Crippen LogP contribution in [0.2, 0.25) is 0 Å². The number of methoxy groups -OCH3 is 1. The molecule has 9 nitrogen and oxygen atoms in total. The van der Waals surface area contributed by atoms with Gasteiger partial charge in [-0.25, -0.2) is 4.79 Å². The number of nitro benzene ring substituents is 1. The van der Waals surface area contributed by atoms with Crippen LogP contribution < -0.4 is 9.47 Å². The molecule has 2 aromatic carbocycles. The van der Waals surface area contributed by atoms with Crippen molar-refractivity contribution in [3.63, 3.8) is 0 Å². The minimum atomic E-state index is -0.759. The van der Waals surface area contributed by atoms with Crippen molar-refractivity contribution in [2.45, 2.75) is 18.9 Å². The molecule has 11 heteroatoms. The number of thioether (sulfide) groups is 1. The van der Waals surface area contributed by atoms with Crippen LogP contribution in [0, 0.1) is 10.1 Å². The summed E-state index contributed by atoms with van der Waals surface area (Å²) in [5, 5.41) is 10.9. The maximum Gasteiger partial charge on any atom is 0.343 e. The van der Waals surface area contributed by atoms with Crippen LogP contribution in [0.1, 0.15) is 28.8 Å². The molecule has 0 bridgehead atoms. The van der Waals surface area contributed by atoms with E-state index in [-0.39, 0.29) is 34.8 Å². The molecule has 0 saturated carbocycles. The number of nitrogens with zero attached hydrogens (tertiary/aromatic N) is 2. The van der Waals surface area contributed by atoms with E-state index in [2.05, 4.69) is 0 Å². The lowest BCUT2D eigenvalue weighted by Crippen LogP contribution is -2.35. The summed E-state index contributed by atoms with van der Waals surface area (Å²) in [6.45, 7) is 1.14. The lowest BCUT2D eigenvalue weighted by atomic mass is 10.1. The number of benzene rings is 2. The number of nitro groups is 1. The van der Waals surface area contributed by atoms with Crippen LogP contribution in [-0.2, 0) is 9.53 Å². The predicted molar refractivity (Wildman–Crippen MR) is 130 cm³/mol. The summed E-state index contributed by atoms with van der Waals surface area (Å²) in [6, 6.07) is 10.1. The third-order valence-corrected chi connectivity index (χ3v) is 6.64. The molecule has 0 aromatic heterocycles. The Labute approximate surface area is 204 Å². The van der Waals surface area contributed by atoms with E-state index in [0.29, 0.717) is 27.9 Å². The second-order valence-corrected chi connectivity index (χ2v) is 9.21. The van der Waals surface area contributed by atoms with Gasteiger partial charge in [0, 0.05) is 18.7 Å². The summed E-state index contributed by atoms with van der Waals surface area (Å²) in [7, 11) is 1.42. The van der Waals surface area contributed by atoms with Crippen LogP contribution >= 0.6 is 24.0 Å². The van der Waals surface area contributed by atoms with Gasteiger partial charge in [0.15, 0.2) is 11.5 Å². The number of hydrogen-bond donors (Lipinski definition) is 0. The van der Waals surface area contributed by atoms with Gasteiger partial charge in [-0.15, -0.1) is 0 Å². The van der Waals surface area contributed by atoms with Crippen LogP contribution in [0.15, 0.2) is 47.4 Å². The van der Waals surface area contributed by atoms with Crippen molar-refractivity contribution in [2.24, 2.45) is 0 Å². The molecule has 2 saturated heterocycles. The second-order valence-electron chi connectivity index (χ2n) is 7.53. The average molecular weight is 501 g/mol. The van der Waals surface area contributed by atoms with Crippen molar-refractivity contribution in [3.05, 3.63) is 68.6 Å². The molecule has 0 spiro atoms. The Morgan fingerprint density at radius 2 is 2.15 bits per heavy atom. The molecule has 2 fully saturated rings. The summed E-state index contributed by atoms with van der Waals surface area (Å²) in [5.74, 6) is -0.528. The molecule has 0 radical (unpaired) electrons. The van der Waals surface area contributed by atoms with Crippen LogP contribution in [-0.4, -0.2) is 52.4 Å². The van der Waals surface area contributed by atoms with Gasteiger partial charge in [-0.05, 0) is 42.7 Å². The summed E-state index contributed by atoms with van der Waals surface area (Å²) in [5.41, 5.74) is 0.480. The SMILES string of the molecule is COc1cc(/C=C2/SC(=S)N(C[C@H]3CCCO3)C2=O)ccc1OC(=O)c1cccc([N+](=O)[O-])c1. The standard InChI is InChI=1S/C23H20N2O7S2/c1-30-19-10-14(11-20-21(26)24(23(33)34-20)13-17-6-3-9-31-17)7-8-18(19)32-22(27)15-4-2-5-16(12-15)25(28)29/h2,4-5,7-8,10-12,17H,3,6,9,13H2,1H3/b20-11+/t17-/m1/s1. The number of amides is 1. The van der Waals surface area contributed by atoms with E-state index in [9.17, 15) is 19.7 Å². The smallest absolute Gasteiger partial charge is 0.343 e. The van der Waals surface area contributed by atoms with Gasteiger partial charge in [0.2, 0.25) is 0 Å². The molecule has 176 valence electrons. The van der Waals surface area contributed by atoms with Crippen molar-refractivity contribution in [3.8, 4) is 11.5 Å². The summed E-state index contributed by atoms with van der Waals surface area (Å²) in [4.78, 5) is 37.7. The first kappa shape index (κ1) is 23.9. The third kappa shape index (κ3) is 5.27. The Morgan fingerprint density at radius 1 is 1.32 bits per heavy atom. The molecular weight excluding hydrogens is 480 g/mol. The molecule has 4 rings (SSSR count). The number of thiocarbonyl (C=S) groups is 1. The van der Waals surface area contributed by atoms with E-state index in [0.717, 1.165) is 18.9 Å². The second kappa shape index (κ2) is 10.3. The monoisotopic (exact) mass is 500 g/mol. The molecular formula is C23H20N2O7S2. The van der Waals surface area contributed by atoms with Gasteiger partial charge in [0.05, 0.1) is 35.2 Å². The summed E-state index contributed by atoms with van der Waals surface area (Å²) < 4.78 is 16.8. The first-order valence-electron chi connectivity index (χ1n) is 10.4. The van der Waals surface area contributed by atoms with E-state index in [1.54, 1.807) is 23.1 Å². The number of carbonyl (C=O) groups is 2. The number of hydrogen-bond acceptors (Lipinski definition) is 9. The highest BCUT2D eigenvalue weighted by Crippen LogP contribution is 2.35. The molecule has 0 unspecified atom stereocenters. The molecule has 0 N–H and O–H groups in total. The fourth-order valence-electron chi connectivity index (χ4n) is 3.56. The van der Waals surface area contributed by atoms with Crippen molar-refractivity contribution < 1.29 is 28.7 Å². The van der Waals surface area contributed by atoms with Gasteiger partial charge in [-0.2, -0.15) is 0 Å². The van der Waals surface area contributed by atoms with E-state index < -0.39 is 10.9 Å². The minimum Gasteiger partial charge on any atom is -0.493 e. The largest absolute Gasteiger partial charge is 0.493 e. The van der Waals surface area contributed by atoms with Gasteiger partial charge >= 0.3 is 5.97 Å². The zero-order valence-corrected chi connectivity index (χ0v) is 19.7. The quantitative estimate of drug-likeness (QED) is 0.138. The van der Waals surface area contributed by atoms with Gasteiger partial charge < -0.3 is 14.2 Å². The van der Waals surface area contributed by atoms with Crippen molar-refractivity contribution in [1.82, 2.24) is 4.90 Å². The van der Waals surface area contributed by atoms with Crippen molar-refractivity contribution in [2.75, 3.05) is 20.3 Å². The Balaban J connectivity index is 1.50. The van der Waals surface area contributed by atoms with E-state index in [1.807, 2.05) is 0 Å². The Hall–Kier alpha value is -3.28. The fourth-order valence-corrected chi connectivity index (χ4v) is 4.84. The topological polar surface area (TPSA) is 108 Å². The molecule has 1 amide bonds. The molecule has 2 aliphatic rings. The highest BCUT2D eigenvalue weighted by molar-refractivity contribution is 8.26. The number of carbonyl (C=O) groups excluding carboxylic acids is 2. The van der Waals surface area contributed by atoms with Crippen LogP contribution in [0.3, 0.4) is 0 Å². The third-order valence-electron chi connectivity index (χ3n) is 5.26. The molecule has 0 aliphatic carbocycles. The fraction of sp³-hybridized carbons (Fsp3) is 0.261. The van der Waals surface area contributed by atoms with Gasteiger partial charge in [0.25, 0.3) is 11.6 Å². The van der Waals surface area contributed by atoms with Crippen LogP contribution in [0.25, 0.3) is 6.08 Å². The van der Waals surface area contributed by atoms with Crippen LogP contribution in [0.4, 0.5) is 5.69 Å². The lowest BCUT2D eigenvalue weighted by molar-refractivity contribution is -0.384. The molecule has 1 atom stereocenters. The lowest BCUT2D eigenvalue weighted by Gasteiger charge is -2.18. The van der Waals surface area contributed by atoms with Gasteiger partial charge in [0.1, 0.15) is 4.32 Å². The molecule has 2 heterocycles. The van der Waals surface area contributed by atoms with E-state index in [4.69, 9.17) is 26.4 Å².